The molecule has 0 aliphatic carbocycles. The Kier molecular flexibility index (Phi) is 5.39. The molecule has 0 radical (unpaired) electrons. The summed E-state index contributed by atoms with van der Waals surface area (Å²) in [5.41, 5.74) is 0.713. The number of cyclic esters (lactones) is 1. The lowest BCUT2D eigenvalue weighted by Crippen LogP contribution is -2.05. The zero-order valence-electron chi connectivity index (χ0n) is 13.9. The van der Waals surface area contributed by atoms with Gasteiger partial charge in [-0.3, -0.25) is 4.79 Å². The van der Waals surface area contributed by atoms with E-state index in [-0.39, 0.29) is 22.4 Å². The predicted octanol–water partition coefficient (Wildman–Crippen LogP) is 4.07. The molecule has 3 rings (SSSR count). The number of rotatable bonds is 5. The minimum atomic E-state index is -0.549. The van der Waals surface area contributed by atoms with Crippen molar-refractivity contribution in [2.24, 2.45) is 4.99 Å². The van der Waals surface area contributed by atoms with E-state index in [0.717, 1.165) is 4.88 Å². The van der Waals surface area contributed by atoms with E-state index >= 15 is 0 Å². The highest BCUT2D eigenvalue weighted by Crippen LogP contribution is 2.37. The maximum Gasteiger partial charge on any atom is 0.363 e. The largest absolute Gasteiger partial charge is 0.490 e. The molecule has 134 valence electrons. The lowest BCUT2D eigenvalue weighted by Gasteiger charge is -2.12. The van der Waals surface area contributed by atoms with Crippen molar-refractivity contribution >= 4 is 46.9 Å². The van der Waals surface area contributed by atoms with Gasteiger partial charge in [0, 0.05) is 6.92 Å². The Morgan fingerprint density at radius 2 is 2.23 bits per heavy atom. The fourth-order valence-electron chi connectivity index (χ4n) is 2.25. The number of nitrogens with zero attached hydrogens (tertiary/aromatic N) is 1. The third-order valence-corrected chi connectivity index (χ3v) is 4.37. The highest BCUT2D eigenvalue weighted by Gasteiger charge is 2.25. The first-order valence-corrected chi connectivity index (χ1v) is 8.95. The maximum absolute atomic E-state index is 12.1. The van der Waals surface area contributed by atoms with Crippen LogP contribution in [0.25, 0.3) is 6.08 Å². The van der Waals surface area contributed by atoms with E-state index in [1.54, 1.807) is 19.1 Å². The van der Waals surface area contributed by atoms with Crippen LogP contribution < -0.4 is 9.47 Å². The summed E-state index contributed by atoms with van der Waals surface area (Å²) < 4.78 is 15.8. The second-order valence-corrected chi connectivity index (χ2v) is 6.52. The summed E-state index contributed by atoms with van der Waals surface area (Å²) in [4.78, 5) is 28.3. The van der Waals surface area contributed by atoms with Gasteiger partial charge in [-0.25, -0.2) is 9.79 Å². The average molecular weight is 392 g/mol. The van der Waals surface area contributed by atoms with Gasteiger partial charge in [-0.2, -0.15) is 0 Å². The number of benzene rings is 1. The van der Waals surface area contributed by atoms with E-state index < -0.39 is 11.9 Å². The summed E-state index contributed by atoms with van der Waals surface area (Å²) in [5.74, 6) is -0.352. The molecule has 0 amide bonds. The number of thiophene rings is 1. The topological polar surface area (TPSA) is 74.2 Å². The van der Waals surface area contributed by atoms with Crippen LogP contribution in [0, 0.1) is 0 Å². The van der Waals surface area contributed by atoms with Crippen molar-refractivity contribution in [2.45, 2.75) is 13.8 Å². The third-order valence-electron chi connectivity index (χ3n) is 3.23. The molecule has 2 aromatic rings. The van der Waals surface area contributed by atoms with E-state index in [1.165, 1.54) is 24.3 Å². The second-order valence-electron chi connectivity index (χ2n) is 5.17. The molecule has 0 unspecified atom stereocenters. The van der Waals surface area contributed by atoms with Gasteiger partial charge in [0.25, 0.3) is 0 Å². The van der Waals surface area contributed by atoms with Crippen molar-refractivity contribution in [2.75, 3.05) is 6.61 Å². The van der Waals surface area contributed by atoms with E-state index in [1.807, 2.05) is 17.5 Å². The second kappa shape index (κ2) is 7.72. The molecule has 2 heterocycles. The molecule has 0 bridgehead atoms. The zero-order chi connectivity index (χ0) is 18.7. The number of halogens is 1. The van der Waals surface area contributed by atoms with Gasteiger partial charge >= 0.3 is 11.9 Å². The Balaban J connectivity index is 1.97. The zero-order valence-corrected chi connectivity index (χ0v) is 15.5. The summed E-state index contributed by atoms with van der Waals surface area (Å²) in [7, 11) is 0. The van der Waals surface area contributed by atoms with Gasteiger partial charge in [0.05, 0.1) is 16.5 Å². The summed E-state index contributed by atoms with van der Waals surface area (Å²) in [5, 5.41) is 2.06. The van der Waals surface area contributed by atoms with Crippen LogP contribution in [0.15, 0.2) is 40.3 Å². The molecule has 0 spiro atoms. The highest BCUT2D eigenvalue weighted by atomic mass is 35.5. The Hall–Kier alpha value is -2.64. The highest BCUT2D eigenvalue weighted by molar-refractivity contribution is 7.12. The van der Waals surface area contributed by atoms with Crippen LogP contribution in [0.4, 0.5) is 0 Å². The van der Waals surface area contributed by atoms with Crippen molar-refractivity contribution in [1.29, 1.82) is 0 Å². The quantitative estimate of drug-likeness (QED) is 0.436. The molecular weight excluding hydrogens is 378 g/mol. The smallest absolute Gasteiger partial charge is 0.363 e. The lowest BCUT2D eigenvalue weighted by molar-refractivity contribution is -0.132. The van der Waals surface area contributed by atoms with Gasteiger partial charge < -0.3 is 14.2 Å². The maximum atomic E-state index is 12.1. The van der Waals surface area contributed by atoms with Crippen LogP contribution in [-0.2, 0) is 14.3 Å². The molecule has 1 aliphatic heterocycles. The molecule has 0 fully saturated rings. The predicted molar refractivity (Wildman–Crippen MR) is 98.9 cm³/mol. The van der Waals surface area contributed by atoms with Gasteiger partial charge in [0.15, 0.2) is 17.2 Å². The van der Waals surface area contributed by atoms with Crippen LogP contribution in [0.2, 0.25) is 5.02 Å². The molecule has 0 atom stereocenters. The van der Waals surface area contributed by atoms with Crippen molar-refractivity contribution in [3.05, 3.63) is 50.8 Å². The normalized spacial score (nSPS) is 15.0. The first kappa shape index (κ1) is 18.2. The average Bonchev–Trinajstić information content (AvgIpc) is 3.21. The number of carbonyl (C=O) groups is 2. The number of hydrogen-bond donors (Lipinski definition) is 0. The van der Waals surface area contributed by atoms with Crippen molar-refractivity contribution in [3.8, 4) is 11.5 Å². The molecule has 0 saturated heterocycles. The molecule has 0 saturated carbocycles. The van der Waals surface area contributed by atoms with E-state index in [9.17, 15) is 9.59 Å². The Bertz CT molecular complexity index is 918. The van der Waals surface area contributed by atoms with Crippen LogP contribution in [0.3, 0.4) is 0 Å². The first-order valence-electron chi connectivity index (χ1n) is 7.69. The van der Waals surface area contributed by atoms with Crippen molar-refractivity contribution < 1.29 is 23.8 Å². The number of hydrogen-bond acceptors (Lipinski definition) is 7. The van der Waals surface area contributed by atoms with Crippen LogP contribution >= 0.6 is 22.9 Å². The summed E-state index contributed by atoms with van der Waals surface area (Å²) in [6.45, 7) is 3.42. The minimum absolute atomic E-state index is 0.139. The minimum Gasteiger partial charge on any atom is -0.490 e. The fourth-order valence-corrected chi connectivity index (χ4v) is 3.16. The Morgan fingerprint density at radius 1 is 1.42 bits per heavy atom. The van der Waals surface area contributed by atoms with Crippen molar-refractivity contribution in [1.82, 2.24) is 0 Å². The van der Waals surface area contributed by atoms with E-state index in [4.69, 9.17) is 25.8 Å². The number of ether oxygens (including phenoxy) is 3. The molecular formula is C18H14ClNO5S. The number of esters is 2. The van der Waals surface area contributed by atoms with Crippen molar-refractivity contribution in [3.63, 3.8) is 0 Å². The summed E-state index contributed by atoms with van der Waals surface area (Å²) in [6.07, 6.45) is 1.54. The molecule has 26 heavy (non-hydrogen) atoms. The van der Waals surface area contributed by atoms with E-state index in [0.29, 0.717) is 17.9 Å². The van der Waals surface area contributed by atoms with Gasteiger partial charge in [0.1, 0.15) is 0 Å². The standard InChI is InChI=1S/C18H14ClNO5S/c1-3-23-14-9-11(7-12(19)16(14)24-10(2)21)8-13-18(22)25-17(20-13)15-5-4-6-26-15/h4-9H,3H2,1-2H3. The van der Waals surface area contributed by atoms with Crippen LogP contribution in [-0.4, -0.2) is 24.4 Å². The van der Waals surface area contributed by atoms with Crippen LogP contribution in [0.1, 0.15) is 24.3 Å². The van der Waals surface area contributed by atoms with E-state index in [2.05, 4.69) is 4.99 Å². The molecule has 1 aliphatic rings. The van der Waals surface area contributed by atoms with Crippen LogP contribution in [0.5, 0.6) is 11.5 Å². The summed E-state index contributed by atoms with van der Waals surface area (Å²) in [6, 6.07) is 6.84. The van der Waals surface area contributed by atoms with Gasteiger partial charge in [-0.1, -0.05) is 17.7 Å². The molecule has 1 aromatic carbocycles. The van der Waals surface area contributed by atoms with Gasteiger partial charge in [0.2, 0.25) is 5.90 Å². The Labute approximate surface area is 158 Å². The van der Waals surface area contributed by atoms with Gasteiger partial charge in [-0.05, 0) is 42.1 Å². The SMILES string of the molecule is CCOc1cc(C=C2N=C(c3cccs3)OC2=O)cc(Cl)c1OC(C)=O. The molecule has 0 N–H and O–H groups in total. The van der Waals surface area contributed by atoms with Gasteiger partial charge in [-0.15, -0.1) is 11.3 Å². The lowest BCUT2D eigenvalue weighted by atomic mass is 10.1. The molecule has 8 heteroatoms. The monoisotopic (exact) mass is 391 g/mol. The molecule has 6 nitrogen and oxygen atoms in total. The number of carbonyl (C=O) groups excluding carboxylic acids is 2. The Morgan fingerprint density at radius 3 is 2.88 bits per heavy atom. The summed E-state index contributed by atoms with van der Waals surface area (Å²) >= 11 is 7.63. The fraction of sp³-hybridized carbons (Fsp3) is 0.167. The first-order chi connectivity index (χ1) is 12.5. The number of aliphatic imine (C=N–C) groups is 1. The molecule has 1 aromatic heterocycles. The third kappa shape index (κ3) is 3.95.